The minimum Gasteiger partial charge on any atom is -0.507 e. The molecule has 6 atom stereocenters. The molecule has 1 unspecified atom stereocenters. The highest BCUT2D eigenvalue weighted by atomic mass is 16.7. The largest absolute Gasteiger partial charge is 0.507 e. The second-order valence-electron chi connectivity index (χ2n) is 11.2. The molecule has 38 heavy (non-hydrogen) atoms. The fourth-order valence-electron chi connectivity index (χ4n) is 6.19. The van der Waals surface area contributed by atoms with Crippen molar-refractivity contribution in [2.24, 2.45) is 17.3 Å². The van der Waals surface area contributed by atoms with Crippen LogP contribution in [0.5, 0.6) is 11.5 Å². The maximum atomic E-state index is 13.3. The van der Waals surface area contributed by atoms with Gasteiger partial charge >= 0.3 is 11.9 Å². The first-order valence-corrected chi connectivity index (χ1v) is 13.7. The Balaban J connectivity index is 1.65. The number of unbranched alkanes of at least 4 members (excludes halogenated alkanes) is 2. The second kappa shape index (κ2) is 10.8. The predicted molar refractivity (Wildman–Crippen MR) is 137 cm³/mol. The maximum absolute atomic E-state index is 13.3. The van der Waals surface area contributed by atoms with Gasteiger partial charge in [-0.3, -0.25) is 9.59 Å². The van der Waals surface area contributed by atoms with E-state index in [9.17, 15) is 24.6 Å². The summed E-state index contributed by atoms with van der Waals surface area (Å²) in [6.07, 6.45) is 4.88. The van der Waals surface area contributed by atoms with E-state index in [-0.39, 0.29) is 53.8 Å². The van der Waals surface area contributed by atoms with Crippen LogP contribution in [-0.2, 0) is 30.2 Å². The van der Waals surface area contributed by atoms with Gasteiger partial charge in [0.15, 0.2) is 0 Å². The minimum atomic E-state index is -1.30. The van der Waals surface area contributed by atoms with Crippen LogP contribution in [0.1, 0.15) is 100 Å². The van der Waals surface area contributed by atoms with Gasteiger partial charge in [0.2, 0.25) is 5.79 Å². The molecular formula is C29H40O9. The molecule has 0 radical (unpaired) electrons. The van der Waals surface area contributed by atoms with Crippen LogP contribution in [0, 0.1) is 17.3 Å². The molecule has 0 aromatic heterocycles. The number of phenols is 1. The number of aromatic hydroxyl groups is 1. The van der Waals surface area contributed by atoms with E-state index in [1.807, 2.05) is 6.92 Å². The summed E-state index contributed by atoms with van der Waals surface area (Å²) in [7, 11) is 1.27. The number of ether oxygens (including phenoxy) is 4. The topological polar surface area (TPSA) is 129 Å². The molecule has 0 saturated carbocycles. The van der Waals surface area contributed by atoms with Crippen LogP contribution in [0.2, 0.25) is 0 Å². The van der Waals surface area contributed by atoms with E-state index < -0.39 is 29.2 Å². The van der Waals surface area contributed by atoms with E-state index in [0.29, 0.717) is 24.8 Å². The Bertz CT molecular complexity index is 1100. The number of hydrogen-bond acceptors (Lipinski definition) is 8. The molecule has 1 aromatic rings. The van der Waals surface area contributed by atoms with Gasteiger partial charge in [-0.15, -0.1) is 0 Å². The third-order valence-electron chi connectivity index (χ3n) is 8.95. The Hall–Kier alpha value is -2.65. The predicted octanol–water partition coefficient (Wildman–Crippen LogP) is 4.96. The molecule has 4 rings (SSSR count). The van der Waals surface area contributed by atoms with E-state index in [4.69, 9.17) is 18.9 Å². The van der Waals surface area contributed by atoms with Crippen molar-refractivity contribution in [2.45, 2.75) is 97.1 Å². The number of carbonyl (C=O) groups excluding carboxylic acids is 2. The third-order valence-corrected chi connectivity index (χ3v) is 8.95. The van der Waals surface area contributed by atoms with Gasteiger partial charge in [0.25, 0.3) is 0 Å². The molecule has 3 aliphatic rings. The summed E-state index contributed by atoms with van der Waals surface area (Å²) < 4.78 is 24.1. The first-order chi connectivity index (χ1) is 18.0. The molecular weight excluding hydrogens is 492 g/mol. The van der Waals surface area contributed by atoms with Crippen molar-refractivity contribution in [1.82, 2.24) is 0 Å². The van der Waals surface area contributed by atoms with Crippen LogP contribution in [0.3, 0.4) is 0 Å². The van der Waals surface area contributed by atoms with Gasteiger partial charge in [0, 0.05) is 24.3 Å². The van der Waals surface area contributed by atoms with Gasteiger partial charge in [-0.05, 0) is 43.7 Å². The fourth-order valence-corrected chi connectivity index (χ4v) is 6.19. The van der Waals surface area contributed by atoms with Crippen molar-refractivity contribution in [1.29, 1.82) is 0 Å². The zero-order valence-corrected chi connectivity index (χ0v) is 23.0. The smallest absolute Gasteiger partial charge is 0.343 e. The first-order valence-electron chi connectivity index (χ1n) is 13.7. The Morgan fingerprint density at radius 3 is 2.61 bits per heavy atom. The number of aromatic carboxylic acids is 1. The standard InChI is InChI=1S/C29H40O9/c1-6-8-9-10-19-11-17-12-20(30)24(26(32)33)25-23(17)21(37-19)14-29(38-25)16(3)18(15-36-29)13-22(31)28(4,7-2)27(34)35-5/h12,16,18-19,21,30H,6-11,13-15H2,1-5H3,(H,32,33)/t16-,18+,19-,21+,28?,29+/m1/s1. The zero-order valence-electron chi connectivity index (χ0n) is 23.0. The summed E-state index contributed by atoms with van der Waals surface area (Å²) in [4.78, 5) is 37.8. The number of esters is 1. The van der Waals surface area contributed by atoms with Crippen LogP contribution in [0.25, 0.3) is 0 Å². The molecule has 210 valence electrons. The summed E-state index contributed by atoms with van der Waals surface area (Å²) >= 11 is 0. The van der Waals surface area contributed by atoms with E-state index in [0.717, 1.165) is 31.2 Å². The average Bonchev–Trinajstić information content (AvgIpc) is 3.16. The highest BCUT2D eigenvalue weighted by molar-refractivity contribution is 6.03. The van der Waals surface area contributed by atoms with Crippen molar-refractivity contribution >= 4 is 17.7 Å². The highest BCUT2D eigenvalue weighted by Crippen LogP contribution is 2.56. The van der Waals surface area contributed by atoms with Gasteiger partial charge in [0.1, 0.15) is 28.3 Å². The number of ketones is 1. The molecule has 1 saturated heterocycles. The first kappa shape index (κ1) is 28.4. The lowest BCUT2D eigenvalue weighted by molar-refractivity contribution is -0.214. The quantitative estimate of drug-likeness (QED) is 0.244. The lowest BCUT2D eigenvalue weighted by Crippen LogP contribution is -2.48. The number of carboxylic acid groups (broad SMARTS) is 1. The molecule has 1 spiro atoms. The van der Waals surface area contributed by atoms with E-state index >= 15 is 0 Å². The van der Waals surface area contributed by atoms with Gasteiger partial charge in [0.05, 0.1) is 25.9 Å². The molecule has 3 aliphatic heterocycles. The molecule has 1 aromatic carbocycles. The van der Waals surface area contributed by atoms with Crippen LogP contribution < -0.4 is 4.74 Å². The van der Waals surface area contributed by atoms with E-state index in [1.54, 1.807) is 13.8 Å². The van der Waals surface area contributed by atoms with Crippen molar-refractivity contribution in [3.63, 3.8) is 0 Å². The molecule has 1 fully saturated rings. The Morgan fingerprint density at radius 1 is 1.24 bits per heavy atom. The van der Waals surface area contributed by atoms with Gasteiger partial charge in [-0.2, -0.15) is 0 Å². The van der Waals surface area contributed by atoms with E-state index in [1.165, 1.54) is 13.2 Å². The molecule has 2 N–H and O–H groups in total. The number of benzene rings is 1. The van der Waals surface area contributed by atoms with Gasteiger partial charge < -0.3 is 29.2 Å². The zero-order chi connectivity index (χ0) is 27.8. The number of hydrogen-bond donors (Lipinski definition) is 2. The molecule has 0 amide bonds. The third kappa shape index (κ3) is 4.79. The van der Waals surface area contributed by atoms with Crippen molar-refractivity contribution < 1.29 is 43.5 Å². The lowest BCUT2D eigenvalue weighted by atomic mass is 9.75. The maximum Gasteiger partial charge on any atom is 0.343 e. The van der Waals surface area contributed by atoms with E-state index in [2.05, 4.69) is 6.92 Å². The van der Waals surface area contributed by atoms with Crippen molar-refractivity contribution in [3.05, 3.63) is 22.8 Å². The minimum absolute atomic E-state index is 0.0588. The molecule has 9 nitrogen and oxygen atoms in total. The van der Waals surface area contributed by atoms with Crippen molar-refractivity contribution in [2.75, 3.05) is 13.7 Å². The summed E-state index contributed by atoms with van der Waals surface area (Å²) in [5, 5.41) is 20.6. The van der Waals surface area contributed by atoms with Gasteiger partial charge in [-0.25, -0.2) is 4.79 Å². The number of carbonyl (C=O) groups is 3. The molecule has 0 aliphatic carbocycles. The van der Waals surface area contributed by atoms with Crippen LogP contribution in [-0.4, -0.2) is 53.5 Å². The average molecular weight is 533 g/mol. The summed E-state index contributed by atoms with van der Waals surface area (Å²) in [5.41, 5.74) is -0.0542. The Morgan fingerprint density at radius 2 is 1.97 bits per heavy atom. The van der Waals surface area contributed by atoms with Crippen molar-refractivity contribution in [3.8, 4) is 11.5 Å². The Kier molecular flexibility index (Phi) is 8.09. The van der Waals surface area contributed by atoms with Gasteiger partial charge in [-0.1, -0.05) is 40.0 Å². The molecule has 0 bridgehead atoms. The molecule has 3 heterocycles. The Labute approximate surface area is 223 Å². The summed E-state index contributed by atoms with van der Waals surface area (Å²) in [6, 6.07) is 1.53. The summed E-state index contributed by atoms with van der Waals surface area (Å²) in [6.45, 7) is 7.65. The fraction of sp³-hybridized carbons (Fsp3) is 0.690. The molecule has 9 heteroatoms. The number of rotatable bonds is 10. The second-order valence-corrected chi connectivity index (χ2v) is 11.2. The summed E-state index contributed by atoms with van der Waals surface area (Å²) in [5.74, 6) is -4.13. The number of methoxy groups -OCH3 is 1. The SMILES string of the molecule is CCCCC[C@@H]1Cc2cc(O)c(C(=O)O)c3c2[C@H](C[C@]2(OC[C@H](CC(=O)C(C)(CC)C(=O)OC)[C@H]2C)O3)O1. The number of Topliss-reactive ketones (excluding diaryl/α,β-unsaturated/α-hetero) is 1. The van der Waals surface area contributed by atoms with Crippen LogP contribution >= 0.6 is 0 Å². The van der Waals surface area contributed by atoms with Crippen LogP contribution in [0.15, 0.2) is 6.07 Å². The number of carboxylic acids is 1. The monoisotopic (exact) mass is 532 g/mol. The highest BCUT2D eigenvalue weighted by Gasteiger charge is 2.57. The normalized spacial score (nSPS) is 29.3. The lowest BCUT2D eigenvalue weighted by Gasteiger charge is -2.46. The van der Waals surface area contributed by atoms with Crippen LogP contribution in [0.4, 0.5) is 0 Å².